The Labute approximate surface area is 202 Å². The van der Waals surface area contributed by atoms with Gasteiger partial charge in [0, 0.05) is 37.9 Å². The quantitative estimate of drug-likeness (QED) is 0.521. The van der Waals surface area contributed by atoms with E-state index in [0.717, 1.165) is 20.2 Å². The lowest BCUT2D eigenvalue weighted by Crippen LogP contribution is -2.50. The second-order valence-corrected chi connectivity index (χ2v) is 9.96. The van der Waals surface area contributed by atoms with Crippen LogP contribution >= 0.6 is 31.9 Å². The number of halogens is 2. The molecule has 1 atom stereocenters. The number of hydrogen-bond acceptors (Lipinski definition) is 5. The maximum Gasteiger partial charge on any atom is 0.245 e. The topological polar surface area (TPSA) is 99.2 Å². The number of fused-ring (bicyclic) bond motifs is 3. The molecule has 8 heteroatoms. The number of nitrogens with zero attached hydrogens (tertiary/aromatic N) is 2. The highest BCUT2D eigenvalue weighted by molar-refractivity contribution is 9.10. The van der Waals surface area contributed by atoms with Gasteiger partial charge >= 0.3 is 0 Å². The molecule has 2 aliphatic heterocycles. The predicted molar refractivity (Wildman–Crippen MR) is 129 cm³/mol. The van der Waals surface area contributed by atoms with Crippen molar-refractivity contribution in [3.8, 4) is 6.07 Å². The van der Waals surface area contributed by atoms with E-state index in [9.17, 15) is 14.9 Å². The van der Waals surface area contributed by atoms with Crippen molar-refractivity contribution in [2.24, 2.45) is 5.73 Å². The van der Waals surface area contributed by atoms with Crippen LogP contribution < -0.4 is 16.0 Å². The van der Waals surface area contributed by atoms with Crippen LogP contribution in [0, 0.1) is 18.3 Å². The summed E-state index contributed by atoms with van der Waals surface area (Å²) in [5.41, 5.74) is 9.10. The van der Waals surface area contributed by atoms with Crippen LogP contribution in [0.4, 0.5) is 11.4 Å². The van der Waals surface area contributed by atoms with E-state index in [4.69, 9.17) is 5.73 Å². The van der Waals surface area contributed by atoms with Crippen molar-refractivity contribution in [1.29, 1.82) is 5.26 Å². The summed E-state index contributed by atoms with van der Waals surface area (Å²) in [5, 5.41) is 13.2. The first kappa shape index (κ1) is 21.0. The number of anilines is 2. The number of amides is 1. The second kappa shape index (κ2) is 7.32. The van der Waals surface area contributed by atoms with Crippen LogP contribution in [0.15, 0.2) is 68.0 Å². The average Bonchev–Trinajstić information content (AvgIpc) is 3.02. The molecule has 2 aromatic carbocycles. The number of nitriles is 1. The highest BCUT2D eigenvalue weighted by Crippen LogP contribution is 2.55. The zero-order chi connectivity index (χ0) is 22.8. The Bertz CT molecular complexity index is 1340. The van der Waals surface area contributed by atoms with Crippen LogP contribution in [0.1, 0.15) is 30.4 Å². The molecule has 0 bridgehead atoms. The Morgan fingerprint density at radius 1 is 1.12 bits per heavy atom. The van der Waals surface area contributed by atoms with Crippen molar-refractivity contribution in [3.63, 3.8) is 0 Å². The molecular weight excluding hydrogens is 536 g/mol. The van der Waals surface area contributed by atoms with E-state index < -0.39 is 11.3 Å². The molecule has 0 saturated carbocycles. The Kier molecular flexibility index (Phi) is 4.80. The fourth-order valence-corrected chi connectivity index (χ4v) is 5.94. The smallest absolute Gasteiger partial charge is 0.245 e. The van der Waals surface area contributed by atoms with Gasteiger partial charge in [-0.1, -0.05) is 31.9 Å². The highest BCUT2D eigenvalue weighted by Gasteiger charge is 2.60. The molecule has 160 valence electrons. The van der Waals surface area contributed by atoms with E-state index in [2.05, 4.69) is 43.2 Å². The van der Waals surface area contributed by atoms with Crippen LogP contribution in [0.25, 0.3) is 0 Å². The molecule has 0 radical (unpaired) electrons. The number of rotatable bonds is 1. The van der Waals surface area contributed by atoms with Gasteiger partial charge in [-0.15, -0.1) is 0 Å². The lowest BCUT2D eigenvalue weighted by molar-refractivity contribution is -0.122. The van der Waals surface area contributed by atoms with Crippen molar-refractivity contribution < 1.29 is 9.59 Å². The third-order valence-corrected chi connectivity index (χ3v) is 7.37. The Morgan fingerprint density at radius 3 is 2.56 bits per heavy atom. The van der Waals surface area contributed by atoms with Crippen molar-refractivity contribution in [2.75, 3.05) is 10.2 Å². The van der Waals surface area contributed by atoms with E-state index >= 15 is 0 Å². The number of aryl methyl sites for hydroxylation is 1. The molecular formula is C24H18Br2N4O2. The number of hydrogen-bond donors (Lipinski definition) is 2. The first-order valence-corrected chi connectivity index (χ1v) is 11.7. The number of nitrogens with two attached hydrogens (primary N) is 1. The summed E-state index contributed by atoms with van der Waals surface area (Å²) in [7, 11) is 0. The van der Waals surface area contributed by atoms with Crippen LogP contribution in [0.3, 0.4) is 0 Å². The van der Waals surface area contributed by atoms with E-state index in [1.807, 2.05) is 31.2 Å². The average molecular weight is 554 g/mol. The largest absolute Gasteiger partial charge is 0.384 e. The number of ketones is 1. The third kappa shape index (κ3) is 2.68. The summed E-state index contributed by atoms with van der Waals surface area (Å²) >= 11 is 6.96. The number of Topliss-reactive ketones (excluding diaryl/α,β-unsaturated/α-hetero) is 1. The Balaban J connectivity index is 1.90. The summed E-state index contributed by atoms with van der Waals surface area (Å²) in [5.74, 6) is -0.372. The molecule has 1 unspecified atom stereocenters. The zero-order valence-electron chi connectivity index (χ0n) is 17.1. The number of allylic oxidation sites excluding steroid dienone is 1. The van der Waals surface area contributed by atoms with Gasteiger partial charge < -0.3 is 11.1 Å². The Morgan fingerprint density at radius 2 is 1.84 bits per heavy atom. The van der Waals surface area contributed by atoms with Crippen LogP contribution in [0.2, 0.25) is 0 Å². The maximum absolute atomic E-state index is 13.6. The van der Waals surface area contributed by atoms with Crippen LogP contribution in [-0.2, 0) is 15.0 Å². The van der Waals surface area contributed by atoms with Crippen molar-refractivity contribution in [2.45, 2.75) is 31.6 Å². The van der Waals surface area contributed by atoms with Gasteiger partial charge in [-0.2, -0.15) is 5.26 Å². The lowest BCUT2D eigenvalue weighted by Gasteiger charge is -2.44. The van der Waals surface area contributed by atoms with Gasteiger partial charge in [0.1, 0.15) is 17.3 Å². The van der Waals surface area contributed by atoms with Gasteiger partial charge in [0.25, 0.3) is 0 Å². The molecule has 0 aromatic heterocycles. The summed E-state index contributed by atoms with van der Waals surface area (Å²) in [6, 6.07) is 13.3. The van der Waals surface area contributed by atoms with Crippen molar-refractivity contribution >= 4 is 54.9 Å². The molecule has 6 nitrogen and oxygen atoms in total. The lowest BCUT2D eigenvalue weighted by atomic mass is 9.64. The second-order valence-electron chi connectivity index (χ2n) is 8.13. The summed E-state index contributed by atoms with van der Waals surface area (Å²) in [6.45, 7) is 1.95. The predicted octanol–water partition coefficient (Wildman–Crippen LogP) is 4.93. The molecule has 32 heavy (non-hydrogen) atoms. The van der Waals surface area contributed by atoms with Gasteiger partial charge in [0.2, 0.25) is 5.91 Å². The maximum atomic E-state index is 13.6. The molecule has 0 fully saturated rings. The molecule has 3 aliphatic rings. The number of benzene rings is 2. The molecule has 1 spiro atoms. The van der Waals surface area contributed by atoms with E-state index in [1.165, 1.54) is 0 Å². The van der Waals surface area contributed by atoms with Crippen LogP contribution in [-0.4, -0.2) is 11.7 Å². The molecule has 2 heterocycles. The fraction of sp³-hybridized carbons (Fsp3) is 0.208. The molecule has 3 N–H and O–H groups in total. The summed E-state index contributed by atoms with van der Waals surface area (Å²) in [4.78, 5) is 28.9. The van der Waals surface area contributed by atoms with Gasteiger partial charge in [0.05, 0.1) is 11.3 Å². The molecule has 1 amide bonds. The fourth-order valence-electron chi connectivity index (χ4n) is 5.11. The third-order valence-electron chi connectivity index (χ3n) is 6.39. The van der Waals surface area contributed by atoms with E-state index in [1.54, 1.807) is 17.0 Å². The number of carbonyl (C=O) groups excluding carboxylic acids is 2. The number of nitrogens with one attached hydrogen (secondary N) is 1. The monoisotopic (exact) mass is 552 g/mol. The van der Waals surface area contributed by atoms with Gasteiger partial charge in [0.15, 0.2) is 5.78 Å². The summed E-state index contributed by atoms with van der Waals surface area (Å²) < 4.78 is 1.66. The minimum Gasteiger partial charge on any atom is -0.384 e. The Hall–Kier alpha value is -2.89. The zero-order valence-corrected chi connectivity index (χ0v) is 20.3. The minimum absolute atomic E-state index is 0.0724. The van der Waals surface area contributed by atoms with Gasteiger partial charge in [-0.05, 0) is 61.7 Å². The highest BCUT2D eigenvalue weighted by atomic mass is 79.9. The van der Waals surface area contributed by atoms with E-state index in [0.29, 0.717) is 41.8 Å². The minimum atomic E-state index is -1.55. The normalized spacial score (nSPS) is 22.1. The van der Waals surface area contributed by atoms with Crippen molar-refractivity contribution in [3.05, 3.63) is 79.1 Å². The molecule has 0 saturated heterocycles. The first-order valence-electron chi connectivity index (χ1n) is 10.2. The standard InChI is InChI=1S/C24H18Br2N4O2/c1-12-9-13(25)6-8-18(12)30-19-3-2-4-20(31)21(19)24(16(11-27)22(30)28)15-10-14(26)5-7-17(15)29-23(24)32/h5-10H,2-4,28H2,1H3,(H,29,32). The molecule has 1 aliphatic carbocycles. The SMILES string of the molecule is Cc1cc(Br)ccc1N1C(N)=C(C#N)C2(C(=O)Nc3ccc(Br)cc32)C2=C1CCCC2=O. The molecule has 2 aromatic rings. The van der Waals surface area contributed by atoms with E-state index in [-0.39, 0.29) is 17.2 Å². The molecule has 5 rings (SSSR count). The van der Waals surface area contributed by atoms with Gasteiger partial charge in [-0.3, -0.25) is 14.5 Å². The van der Waals surface area contributed by atoms with Gasteiger partial charge in [-0.25, -0.2) is 0 Å². The first-order chi connectivity index (χ1) is 15.3. The number of carbonyl (C=O) groups is 2. The summed E-state index contributed by atoms with van der Waals surface area (Å²) in [6.07, 6.45) is 1.55. The van der Waals surface area contributed by atoms with Crippen molar-refractivity contribution in [1.82, 2.24) is 0 Å². The van der Waals surface area contributed by atoms with Crippen LogP contribution in [0.5, 0.6) is 0 Å².